The molecule has 1 heterocycles. The van der Waals surface area contributed by atoms with Gasteiger partial charge in [0.25, 0.3) is 0 Å². The van der Waals surface area contributed by atoms with Gasteiger partial charge in [-0.15, -0.1) is 11.6 Å². The van der Waals surface area contributed by atoms with Crippen molar-refractivity contribution in [3.63, 3.8) is 0 Å². The summed E-state index contributed by atoms with van der Waals surface area (Å²) < 4.78 is 5.22. The fourth-order valence-electron chi connectivity index (χ4n) is 1.27. The van der Waals surface area contributed by atoms with E-state index >= 15 is 0 Å². The van der Waals surface area contributed by atoms with E-state index < -0.39 is 0 Å². The van der Waals surface area contributed by atoms with Crippen LogP contribution in [0.2, 0.25) is 0 Å². The fraction of sp³-hybridized carbons (Fsp3) is 0.600. The topological polar surface area (TPSA) is 16.4 Å². The summed E-state index contributed by atoms with van der Waals surface area (Å²) in [7, 11) is 2.10. The van der Waals surface area contributed by atoms with Gasteiger partial charge in [-0.1, -0.05) is 0 Å². The third kappa shape index (κ3) is 3.41. The van der Waals surface area contributed by atoms with Crippen molar-refractivity contribution in [3.05, 3.63) is 23.7 Å². The molecule has 0 aromatic carbocycles. The van der Waals surface area contributed by atoms with Crippen LogP contribution >= 0.6 is 11.6 Å². The number of hydrogen-bond acceptors (Lipinski definition) is 2. The Morgan fingerprint density at radius 3 is 2.85 bits per heavy atom. The van der Waals surface area contributed by atoms with E-state index in [0.717, 1.165) is 31.2 Å². The number of hydrogen-bond donors (Lipinski definition) is 0. The number of aryl methyl sites for hydroxylation is 1. The van der Waals surface area contributed by atoms with Gasteiger partial charge in [0.2, 0.25) is 0 Å². The molecule has 1 aromatic rings. The van der Waals surface area contributed by atoms with Crippen molar-refractivity contribution >= 4 is 11.6 Å². The van der Waals surface area contributed by atoms with Gasteiger partial charge in [-0.3, -0.25) is 0 Å². The van der Waals surface area contributed by atoms with Gasteiger partial charge in [-0.2, -0.15) is 0 Å². The number of nitrogens with zero attached hydrogens (tertiary/aromatic N) is 1. The predicted octanol–water partition coefficient (Wildman–Crippen LogP) is 2.65. The summed E-state index contributed by atoms with van der Waals surface area (Å²) in [5, 5.41) is 0. The molecule has 0 saturated heterocycles. The summed E-state index contributed by atoms with van der Waals surface area (Å²) >= 11 is 5.61. The maximum atomic E-state index is 5.61. The van der Waals surface area contributed by atoms with E-state index in [1.165, 1.54) is 5.56 Å². The molecule has 0 amide bonds. The second-order valence-corrected chi connectivity index (χ2v) is 3.66. The third-order valence-electron chi connectivity index (χ3n) is 2.08. The van der Waals surface area contributed by atoms with Gasteiger partial charge in [-0.05, 0) is 33.0 Å². The van der Waals surface area contributed by atoms with Gasteiger partial charge in [-0.25, -0.2) is 0 Å². The van der Waals surface area contributed by atoms with Crippen LogP contribution in [-0.2, 0) is 6.54 Å². The summed E-state index contributed by atoms with van der Waals surface area (Å²) in [5.74, 6) is 1.74. The third-order valence-corrected chi connectivity index (χ3v) is 2.35. The van der Waals surface area contributed by atoms with Crippen molar-refractivity contribution in [2.75, 3.05) is 19.5 Å². The zero-order valence-electron chi connectivity index (χ0n) is 8.22. The number of furan rings is 1. The number of rotatable bonds is 5. The minimum Gasteiger partial charge on any atom is -0.469 e. The van der Waals surface area contributed by atoms with Crippen molar-refractivity contribution in [2.45, 2.75) is 19.9 Å². The first-order chi connectivity index (χ1) is 6.24. The first kappa shape index (κ1) is 10.6. The lowest BCUT2D eigenvalue weighted by molar-refractivity contribution is 0.325. The summed E-state index contributed by atoms with van der Waals surface area (Å²) in [5.41, 5.74) is 1.26. The molecule has 74 valence electrons. The molecule has 0 saturated carbocycles. The molecule has 0 spiro atoms. The van der Waals surface area contributed by atoms with Crippen LogP contribution in [0.4, 0.5) is 0 Å². The quantitative estimate of drug-likeness (QED) is 0.682. The van der Waals surface area contributed by atoms with E-state index in [2.05, 4.69) is 11.9 Å². The Kier molecular flexibility index (Phi) is 4.33. The average molecular weight is 202 g/mol. The molecule has 0 aliphatic heterocycles. The molecule has 0 aliphatic rings. The molecule has 0 unspecified atom stereocenters. The lowest BCUT2D eigenvalue weighted by Gasteiger charge is -2.14. The largest absolute Gasteiger partial charge is 0.469 e. The van der Waals surface area contributed by atoms with E-state index in [0.29, 0.717) is 0 Å². The molecule has 0 aliphatic carbocycles. The molecule has 1 rings (SSSR count). The van der Waals surface area contributed by atoms with E-state index in [1.807, 2.05) is 13.0 Å². The summed E-state index contributed by atoms with van der Waals surface area (Å²) in [6, 6.07) is 2.02. The molecular formula is C10H16ClNO. The van der Waals surface area contributed by atoms with Crippen LogP contribution in [0.3, 0.4) is 0 Å². The predicted molar refractivity (Wildman–Crippen MR) is 55.1 cm³/mol. The maximum absolute atomic E-state index is 5.61. The Balaban J connectivity index is 2.36. The van der Waals surface area contributed by atoms with E-state index in [9.17, 15) is 0 Å². The Bertz CT molecular complexity index is 247. The van der Waals surface area contributed by atoms with Crippen LogP contribution in [0, 0.1) is 6.92 Å². The Morgan fingerprint density at radius 1 is 1.54 bits per heavy atom. The summed E-state index contributed by atoms with van der Waals surface area (Å²) in [4.78, 5) is 2.25. The zero-order valence-corrected chi connectivity index (χ0v) is 8.97. The smallest absolute Gasteiger partial charge is 0.105 e. The van der Waals surface area contributed by atoms with Crippen LogP contribution in [0.25, 0.3) is 0 Å². The van der Waals surface area contributed by atoms with Crippen molar-refractivity contribution in [3.8, 4) is 0 Å². The molecule has 13 heavy (non-hydrogen) atoms. The van der Waals surface area contributed by atoms with E-state index in [4.69, 9.17) is 16.0 Å². The minimum atomic E-state index is 0.731. The van der Waals surface area contributed by atoms with Gasteiger partial charge in [0.05, 0.1) is 6.26 Å². The van der Waals surface area contributed by atoms with E-state index in [1.54, 1.807) is 6.26 Å². The van der Waals surface area contributed by atoms with Gasteiger partial charge >= 0.3 is 0 Å². The lowest BCUT2D eigenvalue weighted by Crippen LogP contribution is -2.19. The molecule has 0 bridgehead atoms. The lowest BCUT2D eigenvalue weighted by atomic mass is 10.2. The second-order valence-electron chi connectivity index (χ2n) is 3.28. The number of halogens is 1. The van der Waals surface area contributed by atoms with Crippen molar-refractivity contribution < 1.29 is 4.42 Å². The highest BCUT2D eigenvalue weighted by atomic mass is 35.5. The molecule has 0 fully saturated rings. The molecule has 0 N–H and O–H groups in total. The second kappa shape index (κ2) is 5.30. The average Bonchev–Trinajstić information content (AvgIpc) is 2.48. The van der Waals surface area contributed by atoms with Crippen molar-refractivity contribution in [1.82, 2.24) is 4.90 Å². The van der Waals surface area contributed by atoms with Crippen LogP contribution in [0.15, 0.2) is 16.7 Å². The van der Waals surface area contributed by atoms with Crippen LogP contribution < -0.4 is 0 Å². The van der Waals surface area contributed by atoms with Gasteiger partial charge in [0, 0.05) is 18.0 Å². The highest BCUT2D eigenvalue weighted by Crippen LogP contribution is 2.10. The van der Waals surface area contributed by atoms with Crippen LogP contribution in [0.5, 0.6) is 0 Å². The van der Waals surface area contributed by atoms with Crippen molar-refractivity contribution in [2.24, 2.45) is 0 Å². The monoisotopic (exact) mass is 201 g/mol. The highest BCUT2D eigenvalue weighted by molar-refractivity contribution is 6.17. The Labute approximate surface area is 84.5 Å². The standard InChI is InChI=1S/C10H16ClNO/c1-9-10(4-7-13-9)8-12(2)6-3-5-11/h4,7H,3,5-6,8H2,1-2H3. The maximum Gasteiger partial charge on any atom is 0.105 e. The van der Waals surface area contributed by atoms with Crippen molar-refractivity contribution in [1.29, 1.82) is 0 Å². The molecule has 0 radical (unpaired) electrons. The highest BCUT2D eigenvalue weighted by Gasteiger charge is 2.04. The summed E-state index contributed by atoms with van der Waals surface area (Å²) in [6.07, 6.45) is 2.77. The van der Waals surface area contributed by atoms with Gasteiger partial charge < -0.3 is 9.32 Å². The normalized spacial score (nSPS) is 11.1. The number of alkyl halides is 1. The van der Waals surface area contributed by atoms with Crippen LogP contribution in [0.1, 0.15) is 17.7 Å². The first-order valence-electron chi connectivity index (χ1n) is 4.51. The molecule has 3 heteroatoms. The molecule has 0 atom stereocenters. The zero-order chi connectivity index (χ0) is 9.68. The van der Waals surface area contributed by atoms with Crippen LogP contribution in [-0.4, -0.2) is 24.4 Å². The molecular weight excluding hydrogens is 186 g/mol. The van der Waals surface area contributed by atoms with Gasteiger partial charge in [0.1, 0.15) is 5.76 Å². The Morgan fingerprint density at radius 2 is 2.31 bits per heavy atom. The van der Waals surface area contributed by atoms with Gasteiger partial charge in [0.15, 0.2) is 0 Å². The first-order valence-corrected chi connectivity index (χ1v) is 5.05. The summed E-state index contributed by atoms with van der Waals surface area (Å²) in [6.45, 7) is 3.97. The SMILES string of the molecule is Cc1occc1CN(C)CCCCl. The van der Waals surface area contributed by atoms with E-state index in [-0.39, 0.29) is 0 Å². The fourth-order valence-corrected chi connectivity index (χ4v) is 1.39. The Hall–Kier alpha value is -0.470. The molecule has 1 aromatic heterocycles. The minimum absolute atomic E-state index is 0.731. The molecule has 2 nitrogen and oxygen atoms in total.